The molecule has 0 saturated heterocycles. The highest BCUT2D eigenvalue weighted by Gasteiger charge is 2.31. The molecule has 1 atom stereocenters. The number of hydrogen-bond donors (Lipinski definition) is 1. The van der Waals surface area contributed by atoms with Crippen LogP contribution in [0.2, 0.25) is 0 Å². The van der Waals surface area contributed by atoms with Crippen LogP contribution in [-0.2, 0) is 22.6 Å². The van der Waals surface area contributed by atoms with Crippen LogP contribution in [0.5, 0.6) is 0 Å². The molecular weight excluding hydrogens is 220 g/mol. The molecule has 0 spiro atoms. The number of amides is 1. The summed E-state index contributed by atoms with van der Waals surface area (Å²) < 4.78 is 7.02. The van der Waals surface area contributed by atoms with Crippen molar-refractivity contribution in [3.05, 3.63) is 11.4 Å². The minimum absolute atomic E-state index is 0.121. The fourth-order valence-electron chi connectivity index (χ4n) is 2.04. The van der Waals surface area contributed by atoms with Gasteiger partial charge in [0.15, 0.2) is 0 Å². The van der Waals surface area contributed by atoms with Gasteiger partial charge in [0, 0.05) is 7.11 Å². The van der Waals surface area contributed by atoms with Crippen LogP contribution in [0.25, 0.3) is 0 Å². The Morgan fingerprint density at radius 2 is 2.35 bits per heavy atom. The van der Waals surface area contributed by atoms with Gasteiger partial charge in [-0.2, -0.15) is 0 Å². The van der Waals surface area contributed by atoms with E-state index >= 15 is 0 Å². The largest absolute Gasteiger partial charge is 0.378 e. The lowest BCUT2D eigenvalue weighted by molar-refractivity contribution is -0.117. The molecule has 1 fully saturated rings. The Balaban J connectivity index is 2.24. The molecule has 0 aliphatic heterocycles. The van der Waals surface area contributed by atoms with E-state index in [1.165, 1.54) is 12.8 Å². The minimum Gasteiger partial charge on any atom is -0.378 e. The molecule has 2 N–H and O–H groups in total. The van der Waals surface area contributed by atoms with Gasteiger partial charge in [-0.3, -0.25) is 4.79 Å². The number of primary amides is 1. The number of rotatable bonds is 6. The summed E-state index contributed by atoms with van der Waals surface area (Å²) >= 11 is 0. The topological polar surface area (TPSA) is 83.0 Å². The van der Waals surface area contributed by atoms with Gasteiger partial charge in [0.05, 0.1) is 30.5 Å². The number of nitrogens with zero attached hydrogens (tertiary/aromatic N) is 3. The monoisotopic (exact) mass is 238 g/mol. The smallest absolute Gasteiger partial charge is 0.223 e. The molecule has 94 valence electrons. The first-order valence-corrected chi connectivity index (χ1v) is 5.83. The zero-order chi connectivity index (χ0) is 12.4. The number of carbonyl (C=O) groups is 1. The van der Waals surface area contributed by atoms with Gasteiger partial charge in [-0.1, -0.05) is 5.21 Å². The van der Waals surface area contributed by atoms with Gasteiger partial charge in [-0.25, -0.2) is 4.68 Å². The quantitative estimate of drug-likeness (QED) is 0.778. The molecule has 0 bridgehead atoms. The van der Waals surface area contributed by atoms with E-state index in [9.17, 15) is 4.79 Å². The van der Waals surface area contributed by atoms with Crippen molar-refractivity contribution in [3.63, 3.8) is 0 Å². The number of aromatic nitrogens is 3. The SMILES string of the molecule is COCc1c(CC(N)=O)nnn1C(C)C1CC1. The summed E-state index contributed by atoms with van der Waals surface area (Å²) in [7, 11) is 1.62. The predicted octanol–water partition coefficient (Wildman–Crippen LogP) is 0.423. The Hall–Kier alpha value is -1.43. The number of nitrogens with two attached hydrogens (primary N) is 1. The second-order valence-electron chi connectivity index (χ2n) is 4.58. The molecule has 1 aromatic heterocycles. The lowest BCUT2D eigenvalue weighted by Gasteiger charge is -2.13. The Morgan fingerprint density at radius 3 is 2.88 bits per heavy atom. The van der Waals surface area contributed by atoms with Crippen molar-refractivity contribution in [2.24, 2.45) is 11.7 Å². The maximum atomic E-state index is 11.0. The lowest BCUT2D eigenvalue weighted by atomic mass is 10.2. The molecule has 6 nitrogen and oxygen atoms in total. The molecule has 0 radical (unpaired) electrons. The molecule has 1 aromatic rings. The molecule has 1 unspecified atom stereocenters. The molecule has 1 heterocycles. The fraction of sp³-hybridized carbons (Fsp3) is 0.727. The van der Waals surface area contributed by atoms with Gasteiger partial charge in [-0.15, -0.1) is 5.10 Å². The van der Waals surface area contributed by atoms with Crippen LogP contribution < -0.4 is 5.73 Å². The van der Waals surface area contributed by atoms with Crippen LogP contribution in [0.15, 0.2) is 0 Å². The summed E-state index contributed by atoms with van der Waals surface area (Å²) in [4.78, 5) is 11.0. The maximum absolute atomic E-state index is 11.0. The predicted molar refractivity (Wildman–Crippen MR) is 61.1 cm³/mol. The Morgan fingerprint density at radius 1 is 1.65 bits per heavy atom. The molecular formula is C11H18N4O2. The summed E-state index contributed by atoms with van der Waals surface area (Å²) in [5.74, 6) is 0.280. The fourth-order valence-corrected chi connectivity index (χ4v) is 2.04. The standard InChI is InChI=1S/C11H18N4O2/c1-7(8-3-4-8)15-10(6-17-2)9(13-14-15)5-11(12)16/h7-8H,3-6H2,1-2H3,(H2,12,16). The minimum atomic E-state index is -0.395. The second-order valence-corrected chi connectivity index (χ2v) is 4.58. The number of hydrogen-bond acceptors (Lipinski definition) is 4. The highest BCUT2D eigenvalue weighted by atomic mass is 16.5. The van der Waals surface area contributed by atoms with Crippen LogP contribution in [0.3, 0.4) is 0 Å². The van der Waals surface area contributed by atoms with Gasteiger partial charge in [-0.05, 0) is 25.7 Å². The Labute approximate surface area is 100 Å². The molecule has 1 aliphatic rings. The van der Waals surface area contributed by atoms with E-state index in [0.717, 1.165) is 5.69 Å². The molecule has 1 aliphatic carbocycles. The van der Waals surface area contributed by atoms with Gasteiger partial charge in [0.1, 0.15) is 0 Å². The van der Waals surface area contributed by atoms with Gasteiger partial charge < -0.3 is 10.5 Å². The molecule has 0 aromatic carbocycles. The summed E-state index contributed by atoms with van der Waals surface area (Å²) in [6.07, 6.45) is 2.59. The van der Waals surface area contributed by atoms with Gasteiger partial charge in [0.2, 0.25) is 5.91 Å². The van der Waals surface area contributed by atoms with E-state index < -0.39 is 5.91 Å². The second kappa shape index (κ2) is 4.83. The zero-order valence-electron chi connectivity index (χ0n) is 10.2. The number of methoxy groups -OCH3 is 1. The van der Waals surface area contributed by atoms with Crippen LogP contribution >= 0.6 is 0 Å². The third-order valence-electron chi connectivity index (χ3n) is 3.18. The molecule has 17 heavy (non-hydrogen) atoms. The van der Waals surface area contributed by atoms with Crippen LogP contribution in [0, 0.1) is 5.92 Å². The van der Waals surface area contributed by atoms with Crippen molar-refractivity contribution < 1.29 is 9.53 Å². The van der Waals surface area contributed by atoms with Crippen molar-refractivity contribution in [2.45, 2.75) is 38.8 Å². The van der Waals surface area contributed by atoms with Gasteiger partial charge >= 0.3 is 0 Å². The molecule has 6 heteroatoms. The van der Waals surface area contributed by atoms with E-state index in [1.54, 1.807) is 7.11 Å². The van der Waals surface area contributed by atoms with Crippen molar-refractivity contribution >= 4 is 5.91 Å². The van der Waals surface area contributed by atoms with E-state index in [2.05, 4.69) is 17.2 Å². The van der Waals surface area contributed by atoms with Gasteiger partial charge in [0.25, 0.3) is 0 Å². The molecule has 1 amide bonds. The third-order valence-corrected chi connectivity index (χ3v) is 3.18. The molecule has 1 saturated carbocycles. The van der Waals surface area contributed by atoms with Crippen molar-refractivity contribution in [3.8, 4) is 0 Å². The zero-order valence-corrected chi connectivity index (χ0v) is 10.2. The highest BCUT2D eigenvalue weighted by molar-refractivity contribution is 5.76. The first kappa shape index (κ1) is 12.0. The first-order chi connectivity index (χ1) is 8.13. The normalized spacial score (nSPS) is 17.1. The average Bonchev–Trinajstić information content (AvgIpc) is 3.04. The first-order valence-electron chi connectivity index (χ1n) is 5.83. The average molecular weight is 238 g/mol. The van der Waals surface area contributed by atoms with E-state index in [1.807, 2.05) is 4.68 Å². The molecule has 2 rings (SSSR count). The summed E-state index contributed by atoms with van der Waals surface area (Å²) in [5.41, 5.74) is 6.69. The van der Waals surface area contributed by atoms with Crippen molar-refractivity contribution in [1.82, 2.24) is 15.0 Å². The third kappa shape index (κ3) is 2.63. The van der Waals surface area contributed by atoms with Crippen LogP contribution in [-0.4, -0.2) is 28.0 Å². The Bertz CT molecular complexity index is 412. The maximum Gasteiger partial charge on any atom is 0.223 e. The Kier molecular flexibility index (Phi) is 3.42. The number of carbonyl (C=O) groups excluding carboxylic acids is 1. The lowest BCUT2D eigenvalue weighted by Crippen LogP contribution is -2.17. The van der Waals surface area contributed by atoms with Crippen LogP contribution in [0.1, 0.15) is 37.2 Å². The van der Waals surface area contributed by atoms with E-state index in [-0.39, 0.29) is 6.42 Å². The number of ether oxygens (including phenoxy) is 1. The summed E-state index contributed by atoms with van der Waals surface area (Å²) in [6.45, 7) is 2.53. The van der Waals surface area contributed by atoms with Crippen LogP contribution in [0.4, 0.5) is 0 Å². The van der Waals surface area contributed by atoms with Crippen molar-refractivity contribution in [2.75, 3.05) is 7.11 Å². The van der Waals surface area contributed by atoms with Crippen molar-refractivity contribution in [1.29, 1.82) is 0 Å². The van der Waals surface area contributed by atoms with E-state index in [4.69, 9.17) is 10.5 Å². The summed E-state index contributed by atoms with van der Waals surface area (Å²) in [5, 5.41) is 8.17. The highest BCUT2D eigenvalue weighted by Crippen LogP contribution is 2.39. The summed E-state index contributed by atoms with van der Waals surface area (Å²) in [6, 6.07) is 0.314. The van der Waals surface area contributed by atoms with E-state index in [0.29, 0.717) is 24.3 Å².